The SMILES string of the molecule is CC(C)(c1ccccc1)c1cc(N2C=CN(c3[c-]c(Oc4[c-]c5c(cc4)c4ccccc4n5-c4ccccn4)ccc3)[CH-]2)cc(C(C)(C)c2ccccc2)c1.[Pt]. The van der Waals surface area contributed by atoms with E-state index in [1.54, 1.807) is 0 Å². The molecular formula is C50H41N4OPt-3. The summed E-state index contributed by atoms with van der Waals surface area (Å²) in [7, 11) is 0. The van der Waals surface area contributed by atoms with Crippen molar-refractivity contribution in [1.82, 2.24) is 9.55 Å². The summed E-state index contributed by atoms with van der Waals surface area (Å²) in [6, 6.07) is 60.0. The first kappa shape index (κ1) is 37.0. The van der Waals surface area contributed by atoms with E-state index in [4.69, 9.17) is 4.74 Å². The molecule has 0 amide bonds. The minimum atomic E-state index is -0.215. The largest absolute Gasteiger partial charge is 0.509 e. The van der Waals surface area contributed by atoms with Crippen LogP contribution in [-0.4, -0.2) is 9.55 Å². The first-order valence-corrected chi connectivity index (χ1v) is 18.7. The number of fused-ring (bicyclic) bond motifs is 3. The summed E-state index contributed by atoms with van der Waals surface area (Å²) >= 11 is 0. The van der Waals surface area contributed by atoms with Crippen LogP contribution in [0.2, 0.25) is 0 Å². The van der Waals surface area contributed by atoms with Crippen LogP contribution in [-0.2, 0) is 31.9 Å². The maximum Gasteiger partial charge on any atom is 0.135 e. The maximum atomic E-state index is 6.45. The molecule has 0 saturated heterocycles. The van der Waals surface area contributed by atoms with Crippen LogP contribution in [0.25, 0.3) is 27.6 Å². The van der Waals surface area contributed by atoms with Crippen LogP contribution in [0.4, 0.5) is 11.4 Å². The minimum Gasteiger partial charge on any atom is -0.509 e. The first-order chi connectivity index (χ1) is 26.8. The molecule has 8 aromatic rings. The molecule has 0 atom stereocenters. The summed E-state index contributed by atoms with van der Waals surface area (Å²) in [4.78, 5) is 8.92. The molecule has 0 radical (unpaired) electrons. The van der Waals surface area contributed by atoms with Crippen molar-refractivity contribution in [1.29, 1.82) is 0 Å². The topological polar surface area (TPSA) is 33.5 Å². The van der Waals surface area contributed by atoms with Crippen molar-refractivity contribution in [2.75, 3.05) is 9.80 Å². The zero-order valence-corrected chi connectivity index (χ0v) is 34.0. The molecule has 6 heteroatoms. The molecule has 1 aliphatic rings. The quantitative estimate of drug-likeness (QED) is 0.135. The van der Waals surface area contributed by atoms with E-state index in [9.17, 15) is 0 Å². The van der Waals surface area contributed by atoms with E-state index >= 15 is 0 Å². The van der Waals surface area contributed by atoms with Crippen LogP contribution >= 0.6 is 0 Å². The molecular weight excluding hydrogens is 868 g/mol. The Bertz CT molecular complexity index is 2600. The van der Waals surface area contributed by atoms with Crippen LogP contribution in [0.15, 0.2) is 170 Å². The Balaban J connectivity index is 0.00000441. The van der Waals surface area contributed by atoms with Crippen molar-refractivity contribution in [2.24, 2.45) is 0 Å². The summed E-state index contributed by atoms with van der Waals surface area (Å²) in [5, 5.41) is 2.24. The monoisotopic (exact) mass is 908 g/mol. The number of para-hydroxylation sites is 1. The zero-order valence-electron chi connectivity index (χ0n) is 31.8. The molecule has 0 spiro atoms. The molecule has 0 fully saturated rings. The summed E-state index contributed by atoms with van der Waals surface area (Å²) < 4.78 is 8.59. The van der Waals surface area contributed by atoms with Crippen LogP contribution in [0.3, 0.4) is 0 Å². The summed E-state index contributed by atoms with van der Waals surface area (Å²) in [6.07, 6.45) is 5.98. The second kappa shape index (κ2) is 15.0. The van der Waals surface area contributed by atoms with Crippen LogP contribution < -0.4 is 14.5 Å². The van der Waals surface area contributed by atoms with E-state index in [-0.39, 0.29) is 31.9 Å². The number of benzene rings is 6. The van der Waals surface area contributed by atoms with E-state index in [1.807, 2.05) is 48.7 Å². The number of hydrogen-bond acceptors (Lipinski definition) is 4. The van der Waals surface area contributed by atoms with Gasteiger partial charge in [0.1, 0.15) is 5.82 Å². The van der Waals surface area contributed by atoms with Gasteiger partial charge >= 0.3 is 0 Å². The Morgan fingerprint density at radius 1 is 0.554 bits per heavy atom. The molecule has 0 unspecified atom stereocenters. The molecule has 0 saturated carbocycles. The number of hydrogen-bond donors (Lipinski definition) is 0. The second-order valence-electron chi connectivity index (χ2n) is 15.1. The van der Waals surface area contributed by atoms with Crippen LogP contribution in [0, 0.1) is 18.8 Å². The van der Waals surface area contributed by atoms with Crippen molar-refractivity contribution in [2.45, 2.75) is 38.5 Å². The Morgan fingerprint density at radius 2 is 1.18 bits per heavy atom. The Kier molecular flexibility index (Phi) is 9.90. The maximum absolute atomic E-state index is 6.45. The summed E-state index contributed by atoms with van der Waals surface area (Å²) in [5.41, 5.74) is 8.58. The zero-order chi connectivity index (χ0) is 37.6. The number of ether oxygens (including phenoxy) is 1. The average Bonchev–Trinajstić information content (AvgIpc) is 3.86. The fourth-order valence-corrected chi connectivity index (χ4v) is 7.60. The molecule has 9 rings (SSSR count). The van der Waals surface area contributed by atoms with E-state index in [0.717, 1.165) is 39.0 Å². The third-order valence-electron chi connectivity index (χ3n) is 11.0. The van der Waals surface area contributed by atoms with Gasteiger partial charge in [0.2, 0.25) is 0 Å². The Hall–Kier alpha value is -5.90. The van der Waals surface area contributed by atoms with E-state index in [1.165, 1.54) is 22.3 Å². The van der Waals surface area contributed by atoms with Crippen LogP contribution in [0.1, 0.15) is 49.9 Å². The number of pyridine rings is 1. The second-order valence-corrected chi connectivity index (χ2v) is 15.1. The molecule has 0 N–H and O–H groups in total. The molecule has 0 bridgehead atoms. The average molecular weight is 909 g/mol. The van der Waals surface area contributed by atoms with Crippen molar-refractivity contribution >= 4 is 33.2 Å². The number of nitrogens with zero attached hydrogens (tertiary/aromatic N) is 4. The van der Waals surface area contributed by atoms with Crippen LogP contribution in [0.5, 0.6) is 11.5 Å². The van der Waals surface area contributed by atoms with Gasteiger partial charge in [0.05, 0.1) is 0 Å². The standard InChI is InChI=1S/C50H41N4O.Pt/c1-49(2,36-16-7-5-8-17-36)38-30-39(50(3,4)37-18-9-6-10-19-37)32-41(31-38)53-29-28-52(35-53)40-20-15-21-42(33-40)55-43-25-26-45-44-22-11-12-23-46(44)54(47(45)34-43)48-24-13-14-27-51-48;/h5-32,35H,1-4H3;/q-3;. The fraction of sp³-hybridized carbons (Fsp3) is 0.120. The molecule has 1 aliphatic heterocycles. The van der Waals surface area contributed by atoms with Crippen molar-refractivity contribution in [3.05, 3.63) is 211 Å². The number of anilines is 2. The fourth-order valence-electron chi connectivity index (χ4n) is 7.60. The van der Waals surface area contributed by atoms with Gasteiger partial charge in [0.15, 0.2) is 0 Å². The van der Waals surface area contributed by atoms with Crippen molar-refractivity contribution in [3.8, 4) is 17.3 Å². The van der Waals surface area contributed by atoms with Gasteiger partial charge in [-0.2, -0.15) is 12.1 Å². The minimum absolute atomic E-state index is 0. The predicted molar refractivity (Wildman–Crippen MR) is 225 cm³/mol. The number of rotatable bonds is 9. The van der Waals surface area contributed by atoms with Crippen molar-refractivity contribution < 1.29 is 25.8 Å². The summed E-state index contributed by atoms with van der Waals surface area (Å²) in [6.45, 7) is 11.3. The van der Waals surface area contributed by atoms with Gasteiger partial charge in [-0.1, -0.05) is 124 Å². The van der Waals surface area contributed by atoms with Gasteiger partial charge < -0.3 is 19.1 Å². The molecule has 5 nitrogen and oxygen atoms in total. The number of aromatic nitrogens is 2. The van der Waals surface area contributed by atoms with Gasteiger partial charge in [-0.25, -0.2) is 4.98 Å². The smallest absolute Gasteiger partial charge is 0.135 e. The first-order valence-electron chi connectivity index (χ1n) is 18.7. The Morgan fingerprint density at radius 3 is 1.86 bits per heavy atom. The third kappa shape index (κ3) is 6.82. The predicted octanol–water partition coefficient (Wildman–Crippen LogP) is 12.1. The van der Waals surface area contributed by atoms with Gasteiger partial charge in [-0.15, -0.1) is 48.1 Å². The van der Waals surface area contributed by atoms with E-state index in [0.29, 0.717) is 11.5 Å². The van der Waals surface area contributed by atoms with E-state index in [2.05, 4.69) is 187 Å². The molecule has 280 valence electrons. The van der Waals surface area contributed by atoms with Gasteiger partial charge in [-0.05, 0) is 70.4 Å². The van der Waals surface area contributed by atoms with Gasteiger partial charge in [0.25, 0.3) is 0 Å². The van der Waals surface area contributed by atoms with Crippen molar-refractivity contribution in [3.63, 3.8) is 0 Å². The van der Waals surface area contributed by atoms with Gasteiger partial charge in [-0.3, -0.25) is 0 Å². The molecule has 0 aliphatic carbocycles. The van der Waals surface area contributed by atoms with Gasteiger partial charge in [0, 0.05) is 60.8 Å². The third-order valence-corrected chi connectivity index (χ3v) is 11.0. The molecule has 6 aromatic carbocycles. The normalized spacial score (nSPS) is 13.0. The molecule has 3 heterocycles. The Labute approximate surface area is 343 Å². The molecule has 2 aromatic heterocycles. The summed E-state index contributed by atoms with van der Waals surface area (Å²) in [5.74, 6) is 2.05. The van der Waals surface area contributed by atoms with E-state index < -0.39 is 0 Å². The molecule has 56 heavy (non-hydrogen) atoms.